The number of halogens is 4. The zero-order valence-corrected chi connectivity index (χ0v) is 14.0. The van der Waals surface area contributed by atoms with Crippen molar-refractivity contribution in [2.24, 2.45) is 0 Å². The van der Waals surface area contributed by atoms with Gasteiger partial charge in [-0.2, -0.15) is 13.2 Å². The molecule has 1 atom stereocenters. The van der Waals surface area contributed by atoms with Crippen LogP contribution in [0.5, 0.6) is 0 Å². The molecule has 1 aromatic heterocycles. The normalized spacial score (nSPS) is 18.5. The molecule has 1 amide bonds. The molecule has 2 aromatic rings. The molecule has 0 radical (unpaired) electrons. The van der Waals surface area contributed by atoms with E-state index < -0.39 is 17.1 Å². The van der Waals surface area contributed by atoms with E-state index in [1.54, 1.807) is 24.4 Å². The molecule has 1 fully saturated rings. The second-order valence-electron chi connectivity index (χ2n) is 4.88. The summed E-state index contributed by atoms with van der Waals surface area (Å²) in [5.41, 5.74) is -0.293. The number of benzene rings is 1. The number of anilines is 1. The van der Waals surface area contributed by atoms with E-state index in [4.69, 9.17) is 0 Å². The molecule has 2 heterocycles. The van der Waals surface area contributed by atoms with Crippen LogP contribution in [-0.2, 0) is 11.0 Å². The van der Waals surface area contributed by atoms with Gasteiger partial charge in [-0.05, 0) is 45.8 Å². The summed E-state index contributed by atoms with van der Waals surface area (Å²) < 4.78 is 39.4. The van der Waals surface area contributed by atoms with Crippen LogP contribution in [0.3, 0.4) is 0 Å². The number of rotatable bonds is 2. The maximum Gasteiger partial charge on any atom is 0.416 e. The number of alkyl halides is 3. The first kappa shape index (κ1) is 16.3. The van der Waals surface area contributed by atoms with Crippen molar-refractivity contribution in [1.29, 1.82) is 0 Å². The van der Waals surface area contributed by atoms with E-state index in [0.717, 1.165) is 16.6 Å². The van der Waals surface area contributed by atoms with E-state index in [9.17, 15) is 18.0 Å². The third-order valence-corrected chi connectivity index (χ3v) is 5.01. The molecule has 3 rings (SSSR count). The molecule has 120 valence electrons. The van der Waals surface area contributed by atoms with E-state index >= 15 is 0 Å². The topological polar surface area (TPSA) is 33.2 Å². The molecular weight excluding hydrogens is 393 g/mol. The van der Waals surface area contributed by atoms with Crippen molar-refractivity contribution in [3.8, 4) is 0 Å². The molecule has 8 heteroatoms. The number of thioether (sulfide) groups is 1. The smallest absolute Gasteiger partial charge is 0.279 e. The molecule has 0 bridgehead atoms. The maximum absolute atomic E-state index is 12.9. The van der Waals surface area contributed by atoms with Crippen LogP contribution in [0.2, 0.25) is 0 Å². The summed E-state index contributed by atoms with van der Waals surface area (Å²) in [7, 11) is 0. The lowest BCUT2D eigenvalue weighted by molar-refractivity contribution is -0.137. The number of aromatic nitrogens is 1. The second-order valence-corrected chi connectivity index (χ2v) is 6.87. The molecule has 1 aliphatic rings. The van der Waals surface area contributed by atoms with Gasteiger partial charge >= 0.3 is 6.18 Å². The van der Waals surface area contributed by atoms with Crippen molar-refractivity contribution in [1.82, 2.24) is 4.98 Å². The van der Waals surface area contributed by atoms with E-state index in [1.807, 2.05) is 0 Å². The molecule has 23 heavy (non-hydrogen) atoms. The Morgan fingerprint density at radius 2 is 2.04 bits per heavy atom. The molecule has 0 aliphatic carbocycles. The summed E-state index contributed by atoms with van der Waals surface area (Å²) in [6.07, 6.45) is -2.86. The first-order chi connectivity index (χ1) is 10.9. The lowest BCUT2D eigenvalue weighted by Gasteiger charge is -2.24. The first-order valence-corrected chi connectivity index (χ1v) is 8.43. The minimum absolute atomic E-state index is 0.174. The number of carbonyl (C=O) groups is 1. The lowest BCUT2D eigenvalue weighted by atomic mass is 10.1. The average molecular weight is 403 g/mol. The fraction of sp³-hybridized carbons (Fsp3) is 0.200. The Balaban J connectivity index is 1.98. The number of carbonyl (C=O) groups excluding carboxylic acids is 1. The minimum Gasteiger partial charge on any atom is -0.279 e. The molecule has 1 saturated heterocycles. The summed E-state index contributed by atoms with van der Waals surface area (Å²) >= 11 is 4.55. The highest BCUT2D eigenvalue weighted by Gasteiger charge is 2.37. The van der Waals surface area contributed by atoms with Crippen LogP contribution >= 0.6 is 27.7 Å². The molecule has 1 aromatic carbocycles. The van der Waals surface area contributed by atoms with Crippen LogP contribution in [0.4, 0.5) is 19.0 Å². The van der Waals surface area contributed by atoms with Gasteiger partial charge < -0.3 is 0 Å². The summed E-state index contributed by atoms with van der Waals surface area (Å²) in [6.45, 7) is 0. The van der Waals surface area contributed by atoms with Crippen molar-refractivity contribution in [2.75, 3.05) is 10.7 Å². The quantitative estimate of drug-likeness (QED) is 0.733. The van der Waals surface area contributed by atoms with Gasteiger partial charge in [-0.3, -0.25) is 9.69 Å². The SMILES string of the molecule is O=C1CSC(c2cccc(C(F)(F)F)c2)N1c1ccc(Br)cn1. The van der Waals surface area contributed by atoms with Crippen LogP contribution in [0, 0.1) is 0 Å². The summed E-state index contributed by atoms with van der Waals surface area (Å²) in [6, 6.07) is 8.46. The molecule has 1 aliphatic heterocycles. The fourth-order valence-electron chi connectivity index (χ4n) is 2.30. The highest BCUT2D eigenvalue weighted by molar-refractivity contribution is 9.10. The Bertz CT molecular complexity index is 736. The van der Waals surface area contributed by atoms with Gasteiger partial charge in [-0.15, -0.1) is 11.8 Å². The summed E-state index contributed by atoms with van der Waals surface area (Å²) in [4.78, 5) is 17.8. The van der Waals surface area contributed by atoms with Crippen LogP contribution in [0.1, 0.15) is 16.5 Å². The first-order valence-electron chi connectivity index (χ1n) is 6.58. The Labute approximate surface area is 143 Å². The zero-order chi connectivity index (χ0) is 16.6. The van der Waals surface area contributed by atoms with Gasteiger partial charge in [-0.25, -0.2) is 4.98 Å². The molecule has 0 N–H and O–H groups in total. The third kappa shape index (κ3) is 3.37. The molecule has 1 unspecified atom stereocenters. The van der Waals surface area contributed by atoms with Crippen molar-refractivity contribution >= 4 is 39.4 Å². The van der Waals surface area contributed by atoms with Crippen LogP contribution in [0.15, 0.2) is 47.1 Å². The fourth-order valence-corrected chi connectivity index (χ4v) is 3.69. The predicted octanol–water partition coefficient (Wildman–Crippen LogP) is 4.64. The van der Waals surface area contributed by atoms with Crippen molar-refractivity contribution in [2.45, 2.75) is 11.6 Å². The van der Waals surface area contributed by atoms with E-state index in [1.165, 1.54) is 22.7 Å². The number of amides is 1. The van der Waals surface area contributed by atoms with Gasteiger partial charge in [0.05, 0.1) is 11.3 Å². The Hall–Kier alpha value is -1.54. The Morgan fingerprint density at radius 3 is 2.70 bits per heavy atom. The van der Waals surface area contributed by atoms with Crippen molar-refractivity contribution in [3.05, 3.63) is 58.2 Å². The van der Waals surface area contributed by atoms with Crippen LogP contribution in [-0.4, -0.2) is 16.6 Å². The maximum atomic E-state index is 12.9. The Kier molecular flexibility index (Phi) is 4.37. The highest BCUT2D eigenvalue weighted by atomic mass is 79.9. The van der Waals surface area contributed by atoms with Crippen molar-refractivity contribution < 1.29 is 18.0 Å². The van der Waals surface area contributed by atoms with Gasteiger partial charge in [0.2, 0.25) is 5.91 Å². The predicted molar refractivity (Wildman–Crippen MR) is 86.1 cm³/mol. The third-order valence-electron chi connectivity index (χ3n) is 3.33. The van der Waals surface area contributed by atoms with Crippen LogP contribution < -0.4 is 4.90 Å². The van der Waals surface area contributed by atoms with E-state index in [0.29, 0.717) is 11.4 Å². The van der Waals surface area contributed by atoms with Crippen molar-refractivity contribution in [3.63, 3.8) is 0 Å². The Morgan fingerprint density at radius 1 is 1.26 bits per heavy atom. The second kappa shape index (κ2) is 6.16. The minimum atomic E-state index is -4.41. The monoisotopic (exact) mass is 402 g/mol. The summed E-state index contributed by atoms with van der Waals surface area (Å²) in [5, 5.41) is -0.515. The van der Waals surface area contributed by atoms with Gasteiger partial charge in [0.1, 0.15) is 11.2 Å². The largest absolute Gasteiger partial charge is 0.416 e. The van der Waals surface area contributed by atoms with Gasteiger partial charge in [0, 0.05) is 10.7 Å². The van der Waals surface area contributed by atoms with Gasteiger partial charge in [0.15, 0.2) is 0 Å². The summed E-state index contributed by atoms with van der Waals surface area (Å²) in [5.74, 6) is 0.455. The number of nitrogens with zero attached hydrogens (tertiary/aromatic N) is 2. The van der Waals surface area contributed by atoms with Gasteiger partial charge in [0.25, 0.3) is 0 Å². The average Bonchev–Trinajstić information content (AvgIpc) is 2.89. The van der Waals surface area contributed by atoms with E-state index in [-0.39, 0.29) is 11.7 Å². The highest BCUT2D eigenvalue weighted by Crippen LogP contribution is 2.42. The van der Waals surface area contributed by atoms with E-state index in [2.05, 4.69) is 20.9 Å². The number of hydrogen-bond donors (Lipinski definition) is 0. The molecule has 0 saturated carbocycles. The number of pyridine rings is 1. The lowest BCUT2D eigenvalue weighted by Crippen LogP contribution is -2.28. The van der Waals surface area contributed by atoms with Crippen LogP contribution in [0.25, 0.3) is 0 Å². The van der Waals surface area contributed by atoms with Gasteiger partial charge in [-0.1, -0.05) is 12.1 Å². The molecule has 0 spiro atoms. The standard InChI is InChI=1S/C15H10BrF3N2OS/c16-11-4-5-12(20-7-11)21-13(22)8-23-14(21)9-2-1-3-10(6-9)15(17,18)19/h1-7,14H,8H2. The molecular formula is C15H10BrF3N2OS. The zero-order valence-electron chi connectivity index (χ0n) is 11.5. The molecule has 3 nitrogen and oxygen atoms in total. The number of hydrogen-bond acceptors (Lipinski definition) is 3.